The van der Waals surface area contributed by atoms with Crippen LogP contribution in [0.25, 0.3) is 0 Å². The van der Waals surface area contributed by atoms with Gasteiger partial charge in [-0.25, -0.2) is 0 Å². The Morgan fingerprint density at radius 2 is 2.10 bits per heavy atom. The predicted octanol–water partition coefficient (Wildman–Crippen LogP) is 3.48. The van der Waals surface area contributed by atoms with Crippen molar-refractivity contribution in [2.45, 2.75) is 20.0 Å². The highest BCUT2D eigenvalue weighted by Gasteiger charge is 2.14. The number of hydrogen-bond donors (Lipinski definition) is 1. The normalized spacial score (nSPS) is 10.5. The molecule has 0 unspecified atom stereocenters. The van der Waals surface area contributed by atoms with E-state index in [-0.39, 0.29) is 5.91 Å². The number of anilines is 1. The summed E-state index contributed by atoms with van der Waals surface area (Å²) in [4.78, 5) is 13.8. The average Bonchev–Trinajstić information content (AvgIpc) is 2.91. The van der Waals surface area contributed by atoms with Gasteiger partial charge in [-0.3, -0.25) is 4.79 Å². The lowest BCUT2D eigenvalue weighted by Crippen LogP contribution is -2.23. The summed E-state index contributed by atoms with van der Waals surface area (Å²) >= 11 is 6.05. The van der Waals surface area contributed by atoms with Gasteiger partial charge >= 0.3 is 0 Å². The summed E-state index contributed by atoms with van der Waals surface area (Å²) in [5.41, 5.74) is 2.55. The largest absolute Gasteiger partial charge is 0.379 e. The number of nitrogens with zero attached hydrogens (tertiary/aromatic N) is 2. The molecule has 0 saturated carbocycles. The minimum Gasteiger partial charge on any atom is -0.379 e. The molecule has 2 rings (SSSR count). The van der Waals surface area contributed by atoms with Crippen molar-refractivity contribution < 1.29 is 4.79 Å². The van der Waals surface area contributed by atoms with Gasteiger partial charge in [0, 0.05) is 43.2 Å². The molecule has 1 heterocycles. The van der Waals surface area contributed by atoms with E-state index < -0.39 is 0 Å². The van der Waals surface area contributed by atoms with Gasteiger partial charge in [0.1, 0.15) is 0 Å². The number of hydrogen-bond acceptors (Lipinski definition) is 2. The summed E-state index contributed by atoms with van der Waals surface area (Å²) in [6.07, 6.45) is 2.04. The average molecular weight is 306 g/mol. The quantitative estimate of drug-likeness (QED) is 0.918. The van der Waals surface area contributed by atoms with Gasteiger partial charge in [0.15, 0.2) is 0 Å². The van der Waals surface area contributed by atoms with E-state index in [9.17, 15) is 4.79 Å². The van der Waals surface area contributed by atoms with Crippen LogP contribution < -0.4 is 5.32 Å². The Morgan fingerprint density at radius 3 is 2.76 bits per heavy atom. The zero-order valence-electron chi connectivity index (χ0n) is 12.6. The number of aromatic nitrogens is 1. The van der Waals surface area contributed by atoms with Gasteiger partial charge in [0.25, 0.3) is 5.91 Å². The maximum Gasteiger partial charge on any atom is 0.255 e. The minimum absolute atomic E-state index is 0.0416. The molecule has 112 valence electrons. The Morgan fingerprint density at radius 1 is 1.33 bits per heavy atom. The number of benzene rings is 1. The Kier molecular flexibility index (Phi) is 4.91. The summed E-state index contributed by atoms with van der Waals surface area (Å²) in [6, 6.07) is 9.36. The second-order valence-corrected chi connectivity index (χ2v) is 5.47. The van der Waals surface area contributed by atoms with Crippen LogP contribution in [0, 0.1) is 0 Å². The maximum absolute atomic E-state index is 12.2. The summed E-state index contributed by atoms with van der Waals surface area (Å²) in [7, 11) is 3.48. The topological polar surface area (TPSA) is 37.3 Å². The molecule has 1 amide bonds. The van der Waals surface area contributed by atoms with Gasteiger partial charge in [0.2, 0.25) is 0 Å². The fraction of sp³-hybridized carbons (Fsp3) is 0.312. The Hall–Kier alpha value is -1.94. The van der Waals surface area contributed by atoms with Crippen LogP contribution in [0.2, 0.25) is 5.02 Å². The van der Waals surface area contributed by atoms with Crippen LogP contribution in [-0.4, -0.2) is 29.5 Å². The second-order valence-electron chi connectivity index (χ2n) is 5.03. The monoisotopic (exact) mass is 305 g/mol. The summed E-state index contributed by atoms with van der Waals surface area (Å²) in [5, 5.41) is 3.92. The third-order valence-corrected chi connectivity index (χ3v) is 3.58. The van der Waals surface area contributed by atoms with Crippen LogP contribution in [0.4, 0.5) is 5.69 Å². The Balaban J connectivity index is 2.22. The van der Waals surface area contributed by atoms with E-state index in [1.54, 1.807) is 37.2 Å². The molecule has 0 aliphatic carbocycles. The van der Waals surface area contributed by atoms with Gasteiger partial charge in [-0.15, -0.1) is 0 Å². The molecule has 0 spiro atoms. The third kappa shape index (κ3) is 3.58. The first-order chi connectivity index (χ1) is 10.0. The van der Waals surface area contributed by atoms with Crippen molar-refractivity contribution in [2.75, 3.05) is 19.4 Å². The van der Waals surface area contributed by atoms with Gasteiger partial charge < -0.3 is 14.8 Å². The first kappa shape index (κ1) is 15.4. The highest BCUT2D eigenvalue weighted by atomic mass is 35.5. The fourth-order valence-corrected chi connectivity index (χ4v) is 2.37. The van der Waals surface area contributed by atoms with Crippen LogP contribution in [0.3, 0.4) is 0 Å². The van der Waals surface area contributed by atoms with Crippen molar-refractivity contribution in [1.29, 1.82) is 0 Å². The summed E-state index contributed by atoms with van der Waals surface area (Å²) < 4.78 is 2.16. The summed E-state index contributed by atoms with van der Waals surface area (Å²) in [6.45, 7) is 3.67. The molecule has 0 aliphatic rings. The van der Waals surface area contributed by atoms with E-state index >= 15 is 0 Å². The molecule has 1 aromatic heterocycles. The Bertz CT molecular complexity index is 634. The first-order valence-corrected chi connectivity index (χ1v) is 7.29. The molecule has 21 heavy (non-hydrogen) atoms. The van der Waals surface area contributed by atoms with Crippen LogP contribution in [0.15, 0.2) is 36.5 Å². The fourth-order valence-electron chi connectivity index (χ4n) is 2.19. The van der Waals surface area contributed by atoms with E-state index in [0.29, 0.717) is 17.1 Å². The molecule has 1 aromatic carbocycles. The van der Waals surface area contributed by atoms with Crippen molar-refractivity contribution >= 4 is 23.2 Å². The van der Waals surface area contributed by atoms with Gasteiger partial charge in [0.05, 0.1) is 12.1 Å². The molecular formula is C16H20ClN3O. The number of amides is 1. The van der Waals surface area contributed by atoms with E-state index in [1.165, 1.54) is 5.69 Å². The number of carbonyl (C=O) groups is 1. The summed E-state index contributed by atoms with van der Waals surface area (Å²) in [5.74, 6) is -0.0416. The van der Waals surface area contributed by atoms with Crippen molar-refractivity contribution in [3.05, 3.63) is 52.8 Å². The van der Waals surface area contributed by atoms with Crippen LogP contribution >= 0.6 is 11.6 Å². The van der Waals surface area contributed by atoms with Gasteiger partial charge in [-0.2, -0.15) is 0 Å². The maximum atomic E-state index is 12.2. The lowest BCUT2D eigenvalue weighted by atomic mass is 10.1. The molecule has 1 N–H and O–H groups in total. The number of carbonyl (C=O) groups excluding carboxylic acids is 1. The molecule has 5 heteroatoms. The smallest absolute Gasteiger partial charge is 0.255 e. The minimum atomic E-state index is -0.0416. The molecule has 2 aromatic rings. The SMILES string of the molecule is CCn1cccc1CNc1cc(Cl)ccc1C(=O)N(C)C. The molecule has 0 aliphatic heterocycles. The predicted molar refractivity (Wildman–Crippen MR) is 86.9 cm³/mol. The van der Waals surface area contributed by atoms with E-state index in [2.05, 4.69) is 22.9 Å². The van der Waals surface area contributed by atoms with Crippen LogP contribution in [0.1, 0.15) is 23.0 Å². The molecule has 0 bridgehead atoms. The van der Waals surface area contributed by atoms with E-state index in [4.69, 9.17) is 11.6 Å². The third-order valence-electron chi connectivity index (χ3n) is 3.34. The Labute approximate surface area is 130 Å². The lowest BCUT2D eigenvalue weighted by molar-refractivity contribution is 0.0828. The number of halogens is 1. The highest BCUT2D eigenvalue weighted by molar-refractivity contribution is 6.31. The number of rotatable bonds is 5. The van der Waals surface area contributed by atoms with Gasteiger partial charge in [-0.05, 0) is 37.3 Å². The number of nitrogens with one attached hydrogen (secondary N) is 1. The molecule has 0 saturated heterocycles. The molecular weight excluding hydrogens is 286 g/mol. The molecule has 0 fully saturated rings. The van der Waals surface area contributed by atoms with Gasteiger partial charge in [-0.1, -0.05) is 11.6 Å². The van der Waals surface area contributed by atoms with E-state index in [1.807, 2.05) is 12.3 Å². The lowest BCUT2D eigenvalue weighted by Gasteiger charge is -2.16. The van der Waals surface area contributed by atoms with Crippen molar-refractivity contribution in [3.63, 3.8) is 0 Å². The van der Waals surface area contributed by atoms with Crippen molar-refractivity contribution in [2.24, 2.45) is 0 Å². The standard InChI is InChI=1S/C16H20ClN3O/c1-4-20-9-5-6-13(20)11-18-15-10-12(17)7-8-14(15)16(21)19(2)3/h5-10,18H,4,11H2,1-3H3. The van der Waals surface area contributed by atoms with Crippen molar-refractivity contribution in [1.82, 2.24) is 9.47 Å². The molecule has 4 nitrogen and oxygen atoms in total. The van der Waals surface area contributed by atoms with Crippen LogP contribution in [0.5, 0.6) is 0 Å². The highest BCUT2D eigenvalue weighted by Crippen LogP contribution is 2.23. The molecule has 0 atom stereocenters. The van der Waals surface area contributed by atoms with E-state index in [0.717, 1.165) is 12.2 Å². The first-order valence-electron chi connectivity index (χ1n) is 6.92. The van der Waals surface area contributed by atoms with Crippen molar-refractivity contribution in [3.8, 4) is 0 Å². The number of aryl methyl sites for hydroxylation is 1. The zero-order chi connectivity index (χ0) is 15.4. The van der Waals surface area contributed by atoms with Crippen LogP contribution in [-0.2, 0) is 13.1 Å². The second kappa shape index (κ2) is 6.68. The zero-order valence-corrected chi connectivity index (χ0v) is 13.3. The molecule has 0 radical (unpaired) electrons.